The molecule has 0 spiro atoms. The normalized spacial score (nSPS) is 13.8. The van der Waals surface area contributed by atoms with Crippen LogP contribution in [0.15, 0.2) is 30.3 Å². The average Bonchev–Trinajstić information content (AvgIpc) is 2.50. The number of carbonyl (C=O) groups excluding carboxylic acids is 1. The van der Waals surface area contributed by atoms with Crippen molar-refractivity contribution in [3.05, 3.63) is 35.9 Å². The van der Waals surface area contributed by atoms with Gasteiger partial charge in [-0.3, -0.25) is 4.79 Å². The van der Waals surface area contributed by atoms with Crippen molar-refractivity contribution in [3.63, 3.8) is 0 Å². The molecule has 0 heterocycles. The molecule has 112 valence electrons. The Morgan fingerprint density at radius 2 is 1.90 bits per heavy atom. The summed E-state index contributed by atoms with van der Waals surface area (Å²) in [5.74, 6) is 0.313. The molecule has 1 unspecified atom stereocenters. The fourth-order valence-electron chi connectivity index (χ4n) is 2.18. The molecule has 20 heavy (non-hydrogen) atoms. The number of unbranched alkanes of at least 4 members (excludes halogenated alkanes) is 1. The molecule has 0 fully saturated rings. The Bertz CT molecular complexity index is 391. The van der Waals surface area contributed by atoms with Crippen LogP contribution in [0.25, 0.3) is 0 Å². The molecule has 0 saturated carbocycles. The zero-order valence-electron chi connectivity index (χ0n) is 13.0. The number of benzene rings is 1. The molecule has 0 bridgehead atoms. The quantitative estimate of drug-likeness (QED) is 0.742. The van der Waals surface area contributed by atoms with Gasteiger partial charge < -0.3 is 10.6 Å². The van der Waals surface area contributed by atoms with E-state index in [1.165, 1.54) is 5.56 Å². The van der Waals surface area contributed by atoms with Gasteiger partial charge in [0.25, 0.3) is 0 Å². The number of hydrogen-bond acceptors (Lipinski definition) is 2. The Morgan fingerprint density at radius 1 is 1.25 bits per heavy atom. The third-order valence-electron chi connectivity index (χ3n) is 3.97. The van der Waals surface area contributed by atoms with Crippen LogP contribution < -0.4 is 5.73 Å². The van der Waals surface area contributed by atoms with Gasteiger partial charge in [0.2, 0.25) is 5.91 Å². The van der Waals surface area contributed by atoms with E-state index in [1.54, 1.807) is 4.90 Å². The van der Waals surface area contributed by atoms with Crippen molar-refractivity contribution in [2.75, 3.05) is 13.6 Å². The molecule has 0 aliphatic rings. The maximum absolute atomic E-state index is 12.1. The van der Waals surface area contributed by atoms with Crippen LogP contribution in [0.1, 0.15) is 38.7 Å². The van der Waals surface area contributed by atoms with Crippen LogP contribution in [0.2, 0.25) is 0 Å². The lowest BCUT2D eigenvalue weighted by Gasteiger charge is -2.24. The summed E-state index contributed by atoms with van der Waals surface area (Å²) in [6.07, 6.45) is 4.12. The van der Waals surface area contributed by atoms with Crippen molar-refractivity contribution >= 4 is 5.91 Å². The van der Waals surface area contributed by atoms with Crippen LogP contribution in [-0.4, -0.2) is 30.4 Å². The Hall–Kier alpha value is -1.35. The molecule has 0 aromatic heterocycles. The number of amides is 1. The molecule has 3 heteroatoms. The van der Waals surface area contributed by atoms with Crippen LogP contribution in [0.4, 0.5) is 0 Å². The van der Waals surface area contributed by atoms with E-state index in [4.69, 9.17) is 5.73 Å². The van der Waals surface area contributed by atoms with Crippen molar-refractivity contribution in [2.45, 2.75) is 45.6 Å². The molecule has 0 aliphatic carbocycles. The number of rotatable bonds is 8. The molecular formula is C17H28N2O. The summed E-state index contributed by atoms with van der Waals surface area (Å²) in [5.41, 5.74) is 7.34. The lowest BCUT2D eigenvalue weighted by Crippen LogP contribution is -2.45. The van der Waals surface area contributed by atoms with Gasteiger partial charge in [-0.15, -0.1) is 0 Å². The van der Waals surface area contributed by atoms with E-state index in [9.17, 15) is 4.79 Å². The van der Waals surface area contributed by atoms with Gasteiger partial charge in [0.15, 0.2) is 0 Å². The van der Waals surface area contributed by atoms with Crippen LogP contribution in [0.5, 0.6) is 0 Å². The first kappa shape index (κ1) is 16.7. The van der Waals surface area contributed by atoms with Gasteiger partial charge in [0.1, 0.15) is 0 Å². The van der Waals surface area contributed by atoms with E-state index >= 15 is 0 Å². The highest BCUT2D eigenvalue weighted by molar-refractivity contribution is 5.81. The van der Waals surface area contributed by atoms with E-state index in [2.05, 4.69) is 31.2 Å². The zero-order chi connectivity index (χ0) is 15.0. The first-order chi connectivity index (χ1) is 9.56. The fourth-order valence-corrected chi connectivity index (χ4v) is 2.18. The maximum atomic E-state index is 12.1. The van der Waals surface area contributed by atoms with Gasteiger partial charge in [-0.05, 0) is 30.7 Å². The minimum absolute atomic E-state index is 0.0686. The van der Waals surface area contributed by atoms with E-state index in [0.717, 1.165) is 32.2 Å². The predicted octanol–water partition coefficient (Wildman–Crippen LogP) is 2.84. The number of nitrogens with two attached hydrogens (primary N) is 1. The highest BCUT2D eigenvalue weighted by Crippen LogP contribution is 2.09. The SMILES string of the molecule is CCC(C)[C@H](N)C(=O)N(C)CCCCc1ccccc1. The summed E-state index contributed by atoms with van der Waals surface area (Å²) in [4.78, 5) is 13.9. The third kappa shape index (κ3) is 5.33. The van der Waals surface area contributed by atoms with Gasteiger partial charge >= 0.3 is 0 Å². The van der Waals surface area contributed by atoms with Crippen LogP contribution in [0.3, 0.4) is 0 Å². The topological polar surface area (TPSA) is 46.3 Å². The standard InChI is InChI=1S/C17H28N2O/c1-4-14(2)16(18)17(20)19(3)13-9-8-12-15-10-6-5-7-11-15/h5-7,10-11,14,16H,4,8-9,12-13,18H2,1-3H3/t14?,16-/m0/s1. The minimum atomic E-state index is -0.362. The molecule has 2 atom stereocenters. The fraction of sp³-hybridized carbons (Fsp3) is 0.588. The number of likely N-dealkylation sites (N-methyl/N-ethyl adjacent to an activating group) is 1. The Kier molecular flexibility index (Phi) is 7.31. The highest BCUT2D eigenvalue weighted by atomic mass is 16.2. The van der Waals surface area contributed by atoms with E-state index in [0.29, 0.717) is 0 Å². The smallest absolute Gasteiger partial charge is 0.239 e. The van der Waals surface area contributed by atoms with Gasteiger partial charge in [-0.25, -0.2) is 0 Å². The first-order valence-corrected chi connectivity index (χ1v) is 7.60. The number of hydrogen-bond donors (Lipinski definition) is 1. The molecule has 1 amide bonds. The van der Waals surface area contributed by atoms with Gasteiger partial charge in [-0.2, -0.15) is 0 Å². The van der Waals surface area contributed by atoms with Crippen LogP contribution in [-0.2, 0) is 11.2 Å². The number of nitrogens with zero attached hydrogens (tertiary/aromatic N) is 1. The van der Waals surface area contributed by atoms with Gasteiger partial charge in [-0.1, -0.05) is 50.6 Å². The minimum Gasteiger partial charge on any atom is -0.344 e. The maximum Gasteiger partial charge on any atom is 0.239 e. The summed E-state index contributed by atoms with van der Waals surface area (Å²) in [5, 5.41) is 0. The summed E-state index contributed by atoms with van der Waals surface area (Å²) in [7, 11) is 1.85. The monoisotopic (exact) mass is 276 g/mol. The largest absolute Gasteiger partial charge is 0.344 e. The summed E-state index contributed by atoms with van der Waals surface area (Å²) < 4.78 is 0. The van der Waals surface area contributed by atoms with Crippen LogP contribution in [0, 0.1) is 5.92 Å². The Labute approximate surface area is 123 Å². The molecular weight excluding hydrogens is 248 g/mol. The lowest BCUT2D eigenvalue weighted by molar-refractivity contribution is -0.132. The van der Waals surface area contributed by atoms with Crippen molar-refractivity contribution in [2.24, 2.45) is 11.7 Å². The first-order valence-electron chi connectivity index (χ1n) is 7.60. The van der Waals surface area contributed by atoms with Crippen molar-refractivity contribution < 1.29 is 4.79 Å². The second-order valence-corrected chi connectivity index (χ2v) is 5.61. The van der Waals surface area contributed by atoms with Crippen molar-refractivity contribution in [3.8, 4) is 0 Å². The molecule has 2 N–H and O–H groups in total. The van der Waals surface area contributed by atoms with Gasteiger partial charge in [0, 0.05) is 13.6 Å². The van der Waals surface area contributed by atoms with E-state index in [1.807, 2.05) is 20.0 Å². The third-order valence-corrected chi connectivity index (χ3v) is 3.97. The Balaban J connectivity index is 2.26. The molecule has 1 aromatic rings. The summed E-state index contributed by atoms with van der Waals surface area (Å²) >= 11 is 0. The average molecular weight is 276 g/mol. The van der Waals surface area contributed by atoms with Crippen molar-refractivity contribution in [1.82, 2.24) is 4.90 Å². The molecule has 0 saturated heterocycles. The highest BCUT2D eigenvalue weighted by Gasteiger charge is 2.22. The van der Waals surface area contributed by atoms with Gasteiger partial charge in [0.05, 0.1) is 6.04 Å². The number of carbonyl (C=O) groups is 1. The van der Waals surface area contributed by atoms with E-state index < -0.39 is 0 Å². The molecule has 0 aliphatic heterocycles. The Morgan fingerprint density at radius 3 is 2.50 bits per heavy atom. The zero-order valence-corrected chi connectivity index (χ0v) is 13.0. The second kappa shape index (κ2) is 8.75. The molecule has 1 aromatic carbocycles. The van der Waals surface area contributed by atoms with Crippen LogP contribution >= 0.6 is 0 Å². The number of aryl methyl sites for hydroxylation is 1. The molecule has 1 rings (SSSR count). The summed E-state index contributed by atoms with van der Waals surface area (Å²) in [6.45, 7) is 4.89. The molecule has 3 nitrogen and oxygen atoms in total. The van der Waals surface area contributed by atoms with E-state index in [-0.39, 0.29) is 17.9 Å². The molecule has 0 radical (unpaired) electrons. The predicted molar refractivity (Wildman–Crippen MR) is 84.4 cm³/mol. The lowest BCUT2D eigenvalue weighted by atomic mass is 9.99. The van der Waals surface area contributed by atoms with Crippen molar-refractivity contribution in [1.29, 1.82) is 0 Å². The summed E-state index contributed by atoms with van der Waals surface area (Å²) in [6, 6.07) is 10.1. The second-order valence-electron chi connectivity index (χ2n) is 5.61.